The second-order valence-corrected chi connectivity index (χ2v) is 9.00. The molecular weight excluding hydrogens is 421 g/mol. The van der Waals surface area contributed by atoms with Gasteiger partial charge >= 0.3 is 6.03 Å². The van der Waals surface area contributed by atoms with Crippen molar-refractivity contribution in [2.45, 2.75) is 36.9 Å². The Morgan fingerprint density at radius 3 is 2.61 bits per heavy atom. The Kier molecular flexibility index (Phi) is 6.01. The molecule has 4 rings (SSSR count). The highest BCUT2D eigenvalue weighted by Gasteiger charge is 2.29. The molecule has 2 amide bonds. The largest absolute Gasteiger partial charge is 0.334 e. The first-order chi connectivity index (χ1) is 14.9. The Hall–Kier alpha value is -3.24. The molecule has 0 saturated heterocycles. The van der Waals surface area contributed by atoms with Crippen molar-refractivity contribution in [2.24, 2.45) is 0 Å². The SMILES string of the molecule is O=C(NCc1ccccc1Cn1cccn1)Nc1ccc(F)c(S(=O)(=O)NC2CC2)c1. The minimum atomic E-state index is -3.98. The molecule has 1 saturated carbocycles. The highest BCUT2D eigenvalue weighted by atomic mass is 32.2. The van der Waals surface area contributed by atoms with Gasteiger partial charge in [0.25, 0.3) is 0 Å². The summed E-state index contributed by atoms with van der Waals surface area (Å²) in [4.78, 5) is 11.9. The standard InChI is InChI=1S/C21H22FN5O3S/c22-19-9-8-18(12-20(19)31(29,30)26-17-6-7-17)25-21(28)23-13-15-4-1-2-5-16(15)14-27-11-3-10-24-27/h1-5,8-12,17,26H,6-7,13-14H2,(H2,23,25,28). The summed E-state index contributed by atoms with van der Waals surface area (Å²) in [7, 11) is -3.98. The Morgan fingerprint density at radius 1 is 1.13 bits per heavy atom. The molecular formula is C21H22FN5O3S. The predicted molar refractivity (Wildman–Crippen MR) is 113 cm³/mol. The summed E-state index contributed by atoms with van der Waals surface area (Å²) >= 11 is 0. The van der Waals surface area contributed by atoms with Crippen LogP contribution in [-0.4, -0.2) is 30.3 Å². The van der Waals surface area contributed by atoms with Gasteiger partial charge in [-0.15, -0.1) is 0 Å². The van der Waals surface area contributed by atoms with Gasteiger partial charge in [-0.3, -0.25) is 4.68 Å². The molecule has 0 atom stereocenters. The van der Waals surface area contributed by atoms with Crippen LogP contribution in [0, 0.1) is 5.82 Å². The van der Waals surface area contributed by atoms with Crippen LogP contribution in [0.1, 0.15) is 24.0 Å². The topological polar surface area (TPSA) is 105 Å². The number of carbonyl (C=O) groups is 1. The van der Waals surface area contributed by atoms with E-state index >= 15 is 0 Å². The number of benzene rings is 2. The lowest BCUT2D eigenvalue weighted by Crippen LogP contribution is -2.29. The number of nitrogens with one attached hydrogen (secondary N) is 3. The van der Waals surface area contributed by atoms with Crippen LogP contribution in [-0.2, 0) is 23.1 Å². The van der Waals surface area contributed by atoms with E-state index in [-0.39, 0.29) is 18.3 Å². The zero-order valence-electron chi connectivity index (χ0n) is 16.6. The lowest BCUT2D eigenvalue weighted by Gasteiger charge is -2.13. The molecule has 31 heavy (non-hydrogen) atoms. The number of hydrogen-bond donors (Lipinski definition) is 3. The van der Waals surface area contributed by atoms with Crippen LogP contribution in [0.25, 0.3) is 0 Å². The molecule has 1 heterocycles. The van der Waals surface area contributed by atoms with Crippen LogP contribution in [0.2, 0.25) is 0 Å². The van der Waals surface area contributed by atoms with Crippen molar-refractivity contribution >= 4 is 21.7 Å². The van der Waals surface area contributed by atoms with Crippen LogP contribution < -0.4 is 15.4 Å². The molecule has 0 aliphatic heterocycles. The van der Waals surface area contributed by atoms with E-state index in [9.17, 15) is 17.6 Å². The maximum Gasteiger partial charge on any atom is 0.319 e. The Bertz CT molecular complexity index is 1180. The fraction of sp³-hybridized carbons (Fsp3) is 0.238. The van der Waals surface area contributed by atoms with Crippen molar-refractivity contribution in [3.8, 4) is 0 Å². The molecule has 1 fully saturated rings. The van der Waals surface area contributed by atoms with E-state index in [4.69, 9.17) is 0 Å². The second kappa shape index (κ2) is 8.86. The third-order valence-electron chi connectivity index (χ3n) is 4.83. The van der Waals surface area contributed by atoms with Crippen molar-refractivity contribution in [3.05, 3.63) is 77.9 Å². The highest BCUT2D eigenvalue weighted by Crippen LogP contribution is 2.25. The molecule has 8 nitrogen and oxygen atoms in total. The monoisotopic (exact) mass is 443 g/mol. The van der Waals surface area contributed by atoms with Crippen LogP contribution in [0.3, 0.4) is 0 Å². The molecule has 0 bridgehead atoms. The Morgan fingerprint density at radius 2 is 1.90 bits per heavy atom. The van der Waals surface area contributed by atoms with Gasteiger partial charge in [-0.1, -0.05) is 24.3 Å². The average Bonchev–Trinajstić information content (AvgIpc) is 3.39. The highest BCUT2D eigenvalue weighted by molar-refractivity contribution is 7.89. The summed E-state index contributed by atoms with van der Waals surface area (Å²) in [5.41, 5.74) is 2.11. The fourth-order valence-electron chi connectivity index (χ4n) is 3.07. The number of anilines is 1. The smallest absolute Gasteiger partial charge is 0.319 e. The molecule has 2 aromatic carbocycles. The van der Waals surface area contributed by atoms with E-state index in [0.29, 0.717) is 6.54 Å². The molecule has 0 radical (unpaired) electrons. The third-order valence-corrected chi connectivity index (χ3v) is 6.36. The molecule has 1 aliphatic rings. The van der Waals surface area contributed by atoms with E-state index in [1.165, 1.54) is 6.07 Å². The lowest BCUT2D eigenvalue weighted by molar-refractivity contribution is 0.251. The van der Waals surface area contributed by atoms with Crippen LogP contribution in [0.5, 0.6) is 0 Å². The van der Waals surface area contributed by atoms with Crippen LogP contribution in [0.4, 0.5) is 14.9 Å². The zero-order valence-corrected chi connectivity index (χ0v) is 17.4. The summed E-state index contributed by atoms with van der Waals surface area (Å²) in [6.45, 7) is 0.832. The molecule has 3 N–H and O–H groups in total. The average molecular weight is 444 g/mol. The molecule has 0 spiro atoms. The molecule has 1 aromatic heterocycles. The first kappa shape index (κ1) is 21.0. The minimum absolute atomic E-state index is 0.147. The maximum atomic E-state index is 14.1. The van der Waals surface area contributed by atoms with Crippen molar-refractivity contribution in [1.29, 1.82) is 0 Å². The fourth-order valence-corrected chi connectivity index (χ4v) is 4.48. The summed E-state index contributed by atoms with van der Waals surface area (Å²) in [5.74, 6) is -0.869. The van der Waals surface area contributed by atoms with Gasteiger partial charge < -0.3 is 10.6 Å². The number of urea groups is 1. The van der Waals surface area contributed by atoms with Gasteiger partial charge in [0, 0.05) is 30.7 Å². The van der Waals surface area contributed by atoms with Crippen molar-refractivity contribution in [1.82, 2.24) is 19.8 Å². The number of nitrogens with zero attached hydrogens (tertiary/aromatic N) is 2. The van der Waals surface area contributed by atoms with Crippen LogP contribution >= 0.6 is 0 Å². The Balaban J connectivity index is 1.40. The van der Waals surface area contributed by atoms with Gasteiger partial charge in [-0.2, -0.15) is 5.10 Å². The number of halogens is 1. The van der Waals surface area contributed by atoms with Crippen LogP contribution in [0.15, 0.2) is 65.8 Å². The number of amides is 2. The Labute approximate surface area is 179 Å². The zero-order chi connectivity index (χ0) is 21.8. The first-order valence-corrected chi connectivity index (χ1v) is 11.3. The molecule has 10 heteroatoms. The minimum Gasteiger partial charge on any atom is -0.334 e. The summed E-state index contributed by atoms with van der Waals surface area (Å²) in [5, 5.41) is 9.50. The summed E-state index contributed by atoms with van der Waals surface area (Å²) < 4.78 is 43.0. The van der Waals surface area contributed by atoms with E-state index in [1.807, 2.05) is 36.5 Å². The molecule has 0 unspecified atom stereocenters. The number of hydrogen-bond acceptors (Lipinski definition) is 4. The lowest BCUT2D eigenvalue weighted by atomic mass is 10.1. The van der Waals surface area contributed by atoms with Crippen molar-refractivity contribution < 1.29 is 17.6 Å². The number of carbonyl (C=O) groups excluding carboxylic acids is 1. The third kappa shape index (κ3) is 5.47. The molecule has 3 aromatic rings. The van der Waals surface area contributed by atoms with Gasteiger partial charge in [-0.05, 0) is 48.2 Å². The van der Waals surface area contributed by atoms with Gasteiger partial charge in [0.05, 0.1) is 6.54 Å². The molecule has 1 aliphatic carbocycles. The van der Waals surface area contributed by atoms with E-state index in [1.54, 1.807) is 10.9 Å². The second-order valence-electron chi connectivity index (χ2n) is 7.32. The number of rotatable bonds is 8. The van der Waals surface area contributed by atoms with E-state index in [0.717, 1.165) is 36.1 Å². The number of aromatic nitrogens is 2. The van der Waals surface area contributed by atoms with Crippen molar-refractivity contribution in [3.63, 3.8) is 0 Å². The predicted octanol–water partition coefficient (Wildman–Crippen LogP) is 2.83. The van der Waals surface area contributed by atoms with E-state index in [2.05, 4.69) is 20.5 Å². The van der Waals surface area contributed by atoms with Gasteiger partial charge in [0.15, 0.2) is 0 Å². The van der Waals surface area contributed by atoms with Gasteiger partial charge in [0.1, 0.15) is 10.7 Å². The summed E-state index contributed by atoms with van der Waals surface area (Å²) in [6.07, 6.45) is 5.03. The quantitative estimate of drug-likeness (QED) is 0.498. The summed E-state index contributed by atoms with van der Waals surface area (Å²) in [6, 6.07) is 12.3. The number of sulfonamides is 1. The normalized spacial score (nSPS) is 13.7. The molecule has 162 valence electrons. The van der Waals surface area contributed by atoms with E-state index < -0.39 is 26.8 Å². The maximum absolute atomic E-state index is 14.1. The van der Waals surface area contributed by atoms with Gasteiger partial charge in [-0.25, -0.2) is 22.3 Å². The van der Waals surface area contributed by atoms with Crippen molar-refractivity contribution in [2.75, 3.05) is 5.32 Å². The first-order valence-electron chi connectivity index (χ1n) is 9.82. The van der Waals surface area contributed by atoms with Gasteiger partial charge in [0.2, 0.25) is 10.0 Å².